The molecule has 2 N–H and O–H groups in total. The molecule has 0 spiro atoms. The Hall–Kier alpha value is -2.21. The molecule has 0 saturated carbocycles. The van der Waals surface area contributed by atoms with Crippen LogP contribution in [0.2, 0.25) is 10.0 Å². The predicted molar refractivity (Wildman–Crippen MR) is 74.7 cm³/mol. The van der Waals surface area contributed by atoms with Crippen molar-refractivity contribution in [1.29, 1.82) is 0 Å². The second-order valence-electron chi connectivity index (χ2n) is 4.54. The number of benzene rings is 1. The van der Waals surface area contributed by atoms with Gasteiger partial charge in [-0.2, -0.15) is 31.4 Å². The first-order chi connectivity index (χ1) is 11.2. The van der Waals surface area contributed by atoms with E-state index in [1.54, 1.807) is 0 Å². The van der Waals surface area contributed by atoms with Crippen molar-refractivity contribution in [2.24, 2.45) is 0 Å². The number of nitrogen functional groups attached to an aromatic ring is 1. The van der Waals surface area contributed by atoms with E-state index in [9.17, 15) is 36.5 Å². The molecule has 0 aliphatic rings. The van der Waals surface area contributed by atoms with Gasteiger partial charge in [0.1, 0.15) is 5.69 Å². The highest BCUT2D eigenvalue weighted by molar-refractivity contribution is 6.38. The fourth-order valence-electron chi connectivity index (χ4n) is 1.90. The Labute approximate surface area is 143 Å². The highest BCUT2D eigenvalue weighted by atomic mass is 35.5. The standard InChI is InChI=1S/C11H4Cl2F6N4O2/c12-4-1-3(10(14,15)16)2-5(13)6(4)22-9(20)7(23(24)25)8(21-22)11(17,18)19/h1-2H,20H2. The lowest BCUT2D eigenvalue weighted by Gasteiger charge is -2.12. The van der Waals surface area contributed by atoms with E-state index in [2.05, 4.69) is 5.10 Å². The summed E-state index contributed by atoms with van der Waals surface area (Å²) in [5.41, 5.74) is -0.133. The number of hydrogen-bond acceptors (Lipinski definition) is 4. The molecule has 136 valence electrons. The number of nitro groups is 1. The van der Waals surface area contributed by atoms with E-state index in [1.807, 2.05) is 0 Å². The Kier molecular flexibility index (Phi) is 4.55. The summed E-state index contributed by atoms with van der Waals surface area (Å²) in [7, 11) is 0. The van der Waals surface area contributed by atoms with Gasteiger partial charge < -0.3 is 5.73 Å². The summed E-state index contributed by atoms with van der Waals surface area (Å²) in [6, 6.07) is 0.756. The molecule has 0 atom stereocenters. The van der Waals surface area contributed by atoms with Gasteiger partial charge in [0.2, 0.25) is 11.5 Å². The van der Waals surface area contributed by atoms with Gasteiger partial charge in [0.15, 0.2) is 0 Å². The van der Waals surface area contributed by atoms with Crippen molar-refractivity contribution in [3.05, 3.63) is 43.5 Å². The molecule has 1 aromatic carbocycles. The number of rotatable bonds is 2. The lowest BCUT2D eigenvalue weighted by atomic mass is 10.2. The van der Waals surface area contributed by atoms with Gasteiger partial charge in [-0.1, -0.05) is 23.2 Å². The highest BCUT2D eigenvalue weighted by Crippen LogP contribution is 2.43. The smallest absolute Gasteiger partial charge is 0.378 e. The third-order valence-electron chi connectivity index (χ3n) is 2.90. The molecule has 6 nitrogen and oxygen atoms in total. The van der Waals surface area contributed by atoms with Crippen molar-refractivity contribution < 1.29 is 31.3 Å². The van der Waals surface area contributed by atoms with Crippen LogP contribution in [-0.4, -0.2) is 14.7 Å². The lowest BCUT2D eigenvalue weighted by Crippen LogP contribution is -2.10. The number of hydrogen-bond donors (Lipinski definition) is 1. The van der Waals surface area contributed by atoms with Gasteiger partial charge in [0.05, 0.1) is 20.5 Å². The molecular formula is C11H4Cl2F6N4O2. The molecule has 0 fully saturated rings. The molecule has 0 radical (unpaired) electrons. The summed E-state index contributed by atoms with van der Waals surface area (Å²) < 4.78 is 76.9. The summed E-state index contributed by atoms with van der Waals surface area (Å²) in [5, 5.41) is 12.3. The van der Waals surface area contributed by atoms with E-state index >= 15 is 0 Å². The Balaban J connectivity index is 2.78. The van der Waals surface area contributed by atoms with Gasteiger partial charge in [-0.25, -0.2) is 4.68 Å². The SMILES string of the molecule is Nc1c([N+](=O)[O-])c(C(F)(F)F)nn1-c1c(Cl)cc(C(F)(F)F)cc1Cl. The van der Waals surface area contributed by atoms with Crippen molar-refractivity contribution in [3.63, 3.8) is 0 Å². The molecule has 0 aliphatic carbocycles. The molecule has 2 aromatic rings. The molecule has 14 heteroatoms. The molecule has 0 amide bonds. The maximum atomic E-state index is 12.9. The molecule has 1 heterocycles. The van der Waals surface area contributed by atoms with Crippen molar-refractivity contribution in [2.75, 3.05) is 5.73 Å². The van der Waals surface area contributed by atoms with Crippen LogP contribution in [0.4, 0.5) is 37.8 Å². The number of aromatic nitrogens is 2. The van der Waals surface area contributed by atoms with E-state index < -0.39 is 55.8 Å². The summed E-state index contributed by atoms with van der Waals surface area (Å²) in [5.74, 6) is -1.10. The van der Waals surface area contributed by atoms with Gasteiger partial charge in [0.25, 0.3) is 0 Å². The molecule has 0 saturated heterocycles. The minimum Gasteiger partial charge on any atom is -0.378 e. The second kappa shape index (κ2) is 5.95. The van der Waals surface area contributed by atoms with Crippen molar-refractivity contribution in [2.45, 2.75) is 12.4 Å². The maximum absolute atomic E-state index is 12.9. The summed E-state index contributed by atoms with van der Waals surface area (Å²) in [6.07, 6.45) is -10.1. The van der Waals surface area contributed by atoms with Crippen LogP contribution in [0.25, 0.3) is 5.69 Å². The van der Waals surface area contributed by atoms with Crippen LogP contribution in [0.1, 0.15) is 11.3 Å². The van der Waals surface area contributed by atoms with E-state index in [1.165, 1.54) is 0 Å². The van der Waals surface area contributed by atoms with E-state index in [-0.39, 0.29) is 4.68 Å². The number of nitrogens with zero attached hydrogens (tertiary/aromatic N) is 3. The molecule has 1 aromatic heterocycles. The summed E-state index contributed by atoms with van der Waals surface area (Å²) >= 11 is 11.3. The van der Waals surface area contributed by atoms with Gasteiger partial charge in [-0.15, -0.1) is 0 Å². The predicted octanol–water partition coefficient (Wildman–Crippen LogP) is 4.71. The van der Waals surface area contributed by atoms with Crippen molar-refractivity contribution in [1.82, 2.24) is 9.78 Å². The highest BCUT2D eigenvalue weighted by Gasteiger charge is 2.45. The van der Waals surface area contributed by atoms with Crippen LogP contribution >= 0.6 is 23.2 Å². The first kappa shape index (κ1) is 19.1. The van der Waals surface area contributed by atoms with Gasteiger partial charge in [-0.3, -0.25) is 10.1 Å². The summed E-state index contributed by atoms with van der Waals surface area (Å²) in [4.78, 5) is 9.42. The van der Waals surface area contributed by atoms with Gasteiger partial charge >= 0.3 is 18.0 Å². The largest absolute Gasteiger partial charge is 0.442 e. The zero-order valence-corrected chi connectivity index (χ0v) is 12.9. The molecule has 0 bridgehead atoms. The third-order valence-corrected chi connectivity index (χ3v) is 3.48. The Morgan fingerprint density at radius 1 is 1.08 bits per heavy atom. The van der Waals surface area contributed by atoms with Crippen LogP contribution in [0, 0.1) is 10.1 Å². The van der Waals surface area contributed by atoms with Crippen LogP contribution < -0.4 is 5.73 Å². The number of nitrogens with two attached hydrogens (primary N) is 1. The van der Waals surface area contributed by atoms with E-state index in [0.29, 0.717) is 12.1 Å². The van der Waals surface area contributed by atoms with Gasteiger partial charge in [0, 0.05) is 0 Å². The minimum absolute atomic E-state index is 0.172. The first-order valence-corrected chi connectivity index (χ1v) is 6.67. The molecule has 2 rings (SSSR count). The van der Waals surface area contributed by atoms with Crippen molar-refractivity contribution in [3.8, 4) is 5.69 Å². The Morgan fingerprint density at radius 2 is 1.56 bits per heavy atom. The quantitative estimate of drug-likeness (QED) is 0.442. The van der Waals surface area contributed by atoms with Crippen LogP contribution in [0.5, 0.6) is 0 Å². The first-order valence-electron chi connectivity index (χ1n) is 5.91. The number of alkyl halides is 6. The number of anilines is 1. The average molecular weight is 409 g/mol. The topological polar surface area (TPSA) is 87.0 Å². The normalized spacial score (nSPS) is 12.5. The second-order valence-corrected chi connectivity index (χ2v) is 5.35. The van der Waals surface area contributed by atoms with E-state index in [0.717, 1.165) is 0 Å². The Morgan fingerprint density at radius 3 is 1.88 bits per heavy atom. The van der Waals surface area contributed by atoms with Crippen LogP contribution in [-0.2, 0) is 12.4 Å². The third kappa shape index (κ3) is 3.44. The zero-order chi connectivity index (χ0) is 19.3. The minimum atomic E-state index is -5.24. The van der Waals surface area contributed by atoms with Gasteiger partial charge in [-0.05, 0) is 12.1 Å². The Bertz CT molecular complexity index is 838. The molecular weight excluding hydrogens is 405 g/mol. The average Bonchev–Trinajstić information content (AvgIpc) is 2.75. The summed E-state index contributed by atoms with van der Waals surface area (Å²) in [6.45, 7) is 0. The fourth-order valence-corrected chi connectivity index (χ4v) is 2.54. The zero-order valence-electron chi connectivity index (χ0n) is 11.4. The monoisotopic (exact) mass is 408 g/mol. The maximum Gasteiger partial charge on any atom is 0.442 e. The number of halogens is 8. The van der Waals surface area contributed by atoms with Crippen molar-refractivity contribution >= 4 is 34.7 Å². The molecule has 25 heavy (non-hydrogen) atoms. The molecule has 0 unspecified atom stereocenters. The lowest BCUT2D eigenvalue weighted by molar-refractivity contribution is -0.387. The molecule has 0 aliphatic heterocycles. The van der Waals surface area contributed by atoms with E-state index in [4.69, 9.17) is 28.9 Å². The fraction of sp³-hybridized carbons (Fsp3) is 0.182. The van der Waals surface area contributed by atoms with Crippen LogP contribution in [0.3, 0.4) is 0 Å². The van der Waals surface area contributed by atoms with Crippen LogP contribution in [0.15, 0.2) is 12.1 Å².